The van der Waals surface area contributed by atoms with Gasteiger partial charge < -0.3 is 32.8 Å². The van der Waals surface area contributed by atoms with Crippen molar-refractivity contribution in [2.45, 2.75) is 82.1 Å². The number of nitrogens with one attached hydrogen (secondary N) is 1. The first-order valence-electron chi connectivity index (χ1n) is 19.8. The fourth-order valence-corrected chi connectivity index (χ4v) is 9.73. The van der Waals surface area contributed by atoms with Gasteiger partial charge in [-0.1, -0.05) is 86.8 Å². The summed E-state index contributed by atoms with van der Waals surface area (Å²) >= 11 is 0. The number of carbonyl (C=O) groups excluding carboxylic acids is 3. The molecular formula is C46H57NO9Si. The van der Waals surface area contributed by atoms with E-state index in [1.807, 2.05) is 72.8 Å². The quantitative estimate of drug-likeness (QED) is 0.0326. The van der Waals surface area contributed by atoms with Gasteiger partial charge in [0.15, 0.2) is 5.78 Å². The molecule has 0 heterocycles. The molecule has 1 unspecified atom stereocenters. The molecule has 1 aliphatic carbocycles. The fourth-order valence-electron chi connectivity index (χ4n) is 8.01. The van der Waals surface area contributed by atoms with Crippen LogP contribution in [0.1, 0.15) is 108 Å². The number of esters is 1. The van der Waals surface area contributed by atoms with Crippen molar-refractivity contribution in [3.8, 4) is 11.5 Å². The molecule has 1 fully saturated rings. The number of amides is 1. The lowest BCUT2D eigenvalue weighted by Gasteiger charge is -2.38. The number of hydrogen-bond acceptors (Lipinski definition) is 9. The van der Waals surface area contributed by atoms with Crippen LogP contribution in [0.4, 0.5) is 4.79 Å². The van der Waals surface area contributed by atoms with Gasteiger partial charge in [0, 0.05) is 50.3 Å². The van der Waals surface area contributed by atoms with Crippen molar-refractivity contribution >= 4 is 26.7 Å². The lowest BCUT2D eigenvalue weighted by molar-refractivity contribution is 0.0734. The van der Waals surface area contributed by atoms with Crippen LogP contribution in [-0.2, 0) is 28.8 Å². The summed E-state index contributed by atoms with van der Waals surface area (Å²) in [5.74, 6) is 0.844. The molecule has 304 valence electrons. The van der Waals surface area contributed by atoms with E-state index in [0.29, 0.717) is 48.7 Å². The number of ether oxygens (including phenoxy) is 3. The van der Waals surface area contributed by atoms with Crippen molar-refractivity contribution < 1.29 is 41.9 Å². The minimum Gasteiger partial charge on any atom is -0.497 e. The minimum atomic E-state index is -2.70. The summed E-state index contributed by atoms with van der Waals surface area (Å²) in [6, 6.07) is 32.0. The van der Waals surface area contributed by atoms with Gasteiger partial charge in [-0.05, 0) is 97.7 Å². The topological polar surface area (TPSA) is 119 Å². The standard InChI is InChI=1S/C46H57NO9Si/c1-34(48)35-12-16-37(17-13-35)45(2,28-10-32-55-44(50)47-31-11-33-57(52-4,53-5)54-6)38-20-26-42(27-21-38)56-43(49)36-14-18-39(19-15-36)46(29-8-7-9-30-46)40-22-24-41(51-3)25-23-40/h12-27H,7-11,28-33H2,1-6H3,(H,47,50). The molecule has 4 aromatic rings. The lowest BCUT2D eigenvalue weighted by atomic mass is 9.65. The predicted molar refractivity (Wildman–Crippen MR) is 222 cm³/mol. The smallest absolute Gasteiger partial charge is 0.497 e. The largest absolute Gasteiger partial charge is 0.500 e. The molecule has 1 saturated carbocycles. The van der Waals surface area contributed by atoms with Gasteiger partial charge in [-0.15, -0.1) is 0 Å². The van der Waals surface area contributed by atoms with E-state index >= 15 is 0 Å². The second-order valence-electron chi connectivity index (χ2n) is 14.9. The van der Waals surface area contributed by atoms with Gasteiger partial charge >= 0.3 is 20.9 Å². The third-order valence-electron chi connectivity index (χ3n) is 11.6. The van der Waals surface area contributed by atoms with E-state index in [0.717, 1.165) is 42.6 Å². The molecule has 1 aliphatic rings. The summed E-state index contributed by atoms with van der Waals surface area (Å²) in [5, 5.41) is 2.79. The first-order chi connectivity index (χ1) is 27.5. The molecule has 0 aromatic heterocycles. The molecule has 0 saturated heterocycles. The van der Waals surface area contributed by atoms with E-state index in [2.05, 4.69) is 36.5 Å². The molecule has 0 bridgehead atoms. The first kappa shape index (κ1) is 43.3. The molecule has 0 radical (unpaired) electrons. The Kier molecular flexibility index (Phi) is 15.2. The Morgan fingerprint density at radius 3 is 1.75 bits per heavy atom. The van der Waals surface area contributed by atoms with E-state index in [9.17, 15) is 14.4 Å². The Bertz CT molecular complexity index is 1900. The molecule has 57 heavy (non-hydrogen) atoms. The zero-order valence-electron chi connectivity index (χ0n) is 34.2. The number of rotatable bonds is 19. The maximum absolute atomic E-state index is 13.4. The molecule has 0 aliphatic heterocycles. The highest BCUT2D eigenvalue weighted by Crippen LogP contribution is 2.45. The summed E-state index contributed by atoms with van der Waals surface area (Å²) in [6.07, 6.45) is 7.00. The normalized spacial score (nSPS) is 14.9. The Morgan fingerprint density at radius 1 is 0.684 bits per heavy atom. The number of methoxy groups -OCH3 is 1. The molecule has 1 N–H and O–H groups in total. The maximum atomic E-state index is 13.4. The van der Waals surface area contributed by atoms with Crippen molar-refractivity contribution in [3.05, 3.63) is 130 Å². The van der Waals surface area contributed by atoms with Crippen LogP contribution in [0.2, 0.25) is 6.04 Å². The van der Waals surface area contributed by atoms with Crippen LogP contribution in [0.25, 0.3) is 0 Å². The highest BCUT2D eigenvalue weighted by Gasteiger charge is 2.37. The summed E-state index contributed by atoms with van der Waals surface area (Å²) in [4.78, 5) is 37.9. The van der Waals surface area contributed by atoms with Gasteiger partial charge in [0.05, 0.1) is 19.3 Å². The number of benzene rings is 4. The Balaban J connectivity index is 1.23. The van der Waals surface area contributed by atoms with Crippen LogP contribution < -0.4 is 14.8 Å². The van der Waals surface area contributed by atoms with Gasteiger partial charge in [-0.25, -0.2) is 9.59 Å². The van der Waals surface area contributed by atoms with E-state index in [1.165, 1.54) is 17.5 Å². The van der Waals surface area contributed by atoms with E-state index in [-0.39, 0.29) is 17.8 Å². The molecule has 1 atom stereocenters. The zero-order valence-corrected chi connectivity index (χ0v) is 35.2. The molecular weight excluding hydrogens is 739 g/mol. The van der Waals surface area contributed by atoms with E-state index in [1.54, 1.807) is 35.4 Å². The molecule has 5 rings (SSSR count). The number of Topliss-reactive ketones (excluding diaryl/α,β-unsaturated/α-hetero) is 1. The third kappa shape index (κ3) is 10.6. The molecule has 10 nitrogen and oxygen atoms in total. The second kappa shape index (κ2) is 20.1. The van der Waals surface area contributed by atoms with Crippen molar-refractivity contribution in [2.24, 2.45) is 0 Å². The van der Waals surface area contributed by atoms with Crippen LogP contribution in [-0.4, -0.2) is 68.2 Å². The Hall–Kier alpha value is -4.81. The Morgan fingerprint density at radius 2 is 1.21 bits per heavy atom. The van der Waals surface area contributed by atoms with Crippen molar-refractivity contribution in [1.82, 2.24) is 5.32 Å². The third-order valence-corrected chi connectivity index (χ3v) is 14.4. The summed E-state index contributed by atoms with van der Waals surface area (Å²) in [6.45, 7) is 4.29. The van der Waals surface area contributed by atoms with Crippen molar-refractivity contribution in [2.75, 3.05) is 41.6 Å². The molecule has 1 amide bonds. The predicted octanol–water partition coefficient (Wildman–Crippen LogP) is 9.45. The van der Waals surface area contributed by atoms with Crippen LogP contribution >= 0.6 is 0 Å². The second-order valence-corrected chi connectivity index (χ2v) is 18.0. The highest BCUT2D eigenvalue weighted by atomic mass is 28.4. The van der Waals surface area contributed by atoms with Gasteiger partial charge in [0.1, 0.15) is 11.5 Å². The van der Waals surface area contributed by atoms with Gasteiger partial charge in [0.25, 0.3) is 0 Å². The monoisotopic (exact) mass is 795 g/mol. The number of alkyl carbamates (subject to hydrolysis) is 1. The van der Waals surface area contributed by atoms with Crippen LogP contribution in [0.3, 0.4) is 0 Å². The fraction of sp³-hybridized carbons (Fsp3) is 0.413. The molecule has 0 spiro atoms. The van der Waals surface area contributed by atoms with E-state index < -0.39 is 26.3 Å². The first-order valence-corrected chi connectivity index (χ1v) is 21.7. The van der Waals surface area contributed by atoms with E-state index in [4.69, 9.17) is 27.5 Å². The number of ketones is 1. The van der Waals surface area contributed by atoms with Crippen LogP contribution in [0.15, 0.2) is 97.1 Å². The SMILES string of the molecule is COc1ccc(C2(c3ccc(C(=O)Oc4ccc(C(C)(CCCOC(=O)NCCC[Si](OC)(OC)OC)c5ccc(C(C)=O)cc5)cc4)cc3)CCCCC2)cc1. The average molecular weight is 796 g/mol. The van der Waals surface area contributed by atoms with Gasteiger partial charge in [-0.2, -0.15) is 0 Å². The number of hydrogen-bond donors (Lipinski definition) is 1. The summed E-state index contributed by atoms with van der Waals surface area (Å²) in [7, 11) is 3.66. The van der Waals surface area contributed by atoms with Crippen molar-refractivity contribution in [3.63, 3.8) is 0 Å². The molecule has 11 heteroatoms. The van der Waals surface area contributed by atoms with Gasteiger partial charge in [-0.3, -0.25) is 4.79 Å². The van der Waals surface area contributed by atoms with Gasteiger partial charge in [0.2, 0.25) is 0 Å². The lowest BCUT2D eigenvalue weighted by Crippen LogP contribution is -2.43. The maximum Gasteiger partial charge on any atom is 0.500 e. The van der Waals surface area contributed by atoms with Crippen LogP contribution in [0.5, 0.6) is 11.5 Å². The molecule has 4 aromatic carbocycles. The summed E-state index contributed by atoms with van der Waals surface area (Å²) in [5.41, 5.74) is 4.99. The Labute approximate surface area is 338 Å². The minimum absolute atomic E-state index is 0.00565. The zero-order chi connectivity index (χ0) is 40.9. The highest BCUT2D eigenvalue weighted by molar-refractivity contribution is 6.60. The number of carbonyl (C=O) groups is 3. The van der Waals surface area contributed by atoms with Crippen LogP contribution in [0, 0.1) is 0 Å². The average Bonchev–Trinajstić information content (AvgIpc) is 3.26. The summed E-state index contributed by atoms with van der Waals surface area (Å²) < 4.78 is 33.1. The van der Waals surface area contributed by atoms with Crippen molar-refractivity contribution in [1.29, 1.82) is 0 Å².